The molecule has 8 nitrogen and oxygen atoms in total. The highest BCUT2D eigenvalue weighted by Gasteiger charge is 2.28. The lowest BCUT2D eigenvalue weighted by molar-refractivity contribution is -0.143. The summed E-state index contributed by atoms with van der Waals surface area (Å²) in [6.07, 6.45) is 1.98. The summed E-state index contributed by atoms with van der Waals surface area (Å²) in [6, 6.07) is 16.7. The molecule has 0 aliphatic carbocycles. The molecular weight excluding hydrogens is 466 g/mol. The number of ether oxygens (including phenoxy) is 1. The minimum absolute atomic E-state index is 0.0126. The third-order valence-corrected chi connectivity index (χ3v) is 7.70. The second-order valence-corrected chi connectivity index (χ2v) is 11.0. The average molecular weight is 498 g/mol. The molecule has 186 valence electrons. The predicted molar refractivity (Wildman–Crippen MR) is 134 cm³/mol. The summed E-state index contributed by atoms with van der Waals surface area (Å²) in [5, 5.41) is 3.20. The highest BCUT2D eigenvalue weighted by Crippen LogP contribution is 2.27. The van der Waals surface area contributed by atoms with Crippen molar-refractivity contribution in [3.05, 3.63) is 66.4 Å². The largest absolute Gasteiger partial charge is 0.372 e. The van der Waals surface area contributed by atoms with E-state index in [1.165, 1.54) is 6.20 Å². The SMILES string of the molecule is C[C@H]1CN(C(=O)Cn2cc(S(=O)(=O)CC(=O)NCCc3ccccc3)c3ccccc32)C[C@H](C)O1. The number of nitrogens with one attached hydrogen (secondary N) is 1. The van der Waals surface area contributed by atoms with Crippen molar-refractivity contribution < 1.29 is 22.7 Å². The van der Waals surface area contributed by atoms with E-state index in [2.05, 4.69) is 5.32 Å². The fourth-order valence-corrected chi connectivity index (χ4v) is 5.91. The molecule has 1 aromatic heterocycles. The van der Waals surface area contributed by atoms with Crippen LogP contribution >= 0.6 is 0 Å². The summed E-state index contributed by atoms with van der Waals surface area (Å²) in [5.74, 6) is -1.30. The molecule has 35 heavy (non-hydrogen) atoms. The third kappa shape index (κ3) is 6.10. The maximum atomic E-state index is 13.2. The lowest BCUT2D eigenvalue weighted by atomic mass is 10.1. The van der Waals surface area contributed by atoms with Crippen molar-refractivity contribution in [2.45, 2.75) is 43.9 Å². The molecule has 4 rings (SSSR count). The van der Waals surface area contributed by atoms with Crippen LogP contribution in [-0.4, -0.2) is 67.3 Å². The van der Waals surface area contributed by atoms with Gasteiger partial charge >= 0.3 is 0 Å². The lowest BCUT2D eigenvalue weighted by Gasteiger charge is -2.35. The Bertz CT molecular complexity index is 1290. The topological polar surface area (TPSA) is 97.7 Å². The standard InChI is InChI=1S/C26H31N3O5S/c1-19-14-29(15-20(2)34-19)26(31)17-28-16-24(22-10-6-7-11-23(22)28)35(32,33)18-25(30)27-13-12-21-8-4-3-5-9-21/h3-11,16,19-20H,12-15,17-18H2,1-2H3,(H,27,30)/t19-,20-/m0/s1. The van der Waals surface area contributed by atoms with Crippen LogP contribution in [0.1, 0.15) is 19.4 Å². The second-order valence-electron chi connectivity index (χ2n) is 9.04. The Labute approximate surface area is 205 Å². The number of carbonyl (C=O) groups is 2. The molecule has 0 bridgehead atoms. The minimum Gasteiger partial charge on any atom is -0.372 e. The summed E-state index contributed by atoms with van der Waals surface area (Å²) < 4.78 is 33.7. The fourth-order valence-electron chi connectivity index (χ4n) is 4.51. The Morgan fingerprint density at radius 3 is 2.37 bits per heavy atom. The van der Waals surface area contributed by atoms with Crippen LogP contribution in [0.2, 0.25) is 0 Å². The number of aromatic nitrogens is 1. The molecule has 1 fully saturated rings. The minimum atomic E-state index is -3.92. The van der Waals surface area contributed by atoms with E-state index in [1.807, 2.05) is 44.2 Å². The zero-order valence-electron chi connectivity index (χ0n) is 20.0. The van der Waals surface area contributed by atoms with Gasteiger partial charge in [0.25, 0.3) is 0 Å². The van der Waals surface area contributed by atoms with Gasteiger partial charge in [-0.25, -0.2) is 8.42 Å². The highest BCUT2D eigenvalue weighted by molar-refractivity contribution is 7.92. The zero-order valence-corrected chi connectivity index (χ0v) is 20.8. The fraction of sp³-hybridized carbons (Fsp3) is 0.385. The van der Waals surface area contributed by atoms with Crippen molar-refractivity contribution in [2.24, 2.45) is 0 Å². The summed E-state index contributed by atoms with van der Waals surface area (Å²) in [4.78, 5) is 27.3. The van der Waals surface area contributed by atoms with Gasteiger partial charge in [-0.1, -0.05) is 48.5 Å². The van der Waals surface area contributed by atoms with E-state index in [0.29, 0.717) is 37.0 Å². The van der Waals surface area contributed by atoms with Gasteiger partial charge in [-0.3, -0.25) is 9.59 Å². The second kappa shape index (κ2) is 10.6. The van der Waals surface area contributed by atoms with Crippen LogP contribution in [0.4, 0.5) is 0 Å². The van der Waals surface area contributed by atoms with E-state index >= 15 is 0 Å². The van der Waals surface area contributed by atoms with E-state index in [9.17, 15) is 18.0 Å². The van der Waals surface area contributed by atoms with Crippen LogP contribution in [0.3, 0.4) is 0 Å². The highest BCUT2D eigenvalue weighted by atomic mass is 32.2. The Morgan fingerprint density at radius 2 is 1.66 bits per heavy atom. The van der Waals surface area contributed by atoms with Crippen LogP contribution in [0.15, 0.2) is 65.7 Å². The number of fused-ring (bicyclic) bond motifs is 1. The number of para-hydroxylation sites is 1. The van der Waals surface area contributed by atoms with Gasteiger partial charge in [-0.15, -0.1) is 0 Å². The number of morpholine rings is 1. The molecule has 1 aliphatic rings. The van der Waals surface area contributed by atoms with Gasteiger partial charge in [-0.2, -0.15) is 0 Å². The number of benzene rings is 2. The van der Waals surface area contributed by atoms with Crippen LogP contribution in [0.25, 0.3) is 10.9 Å². The molecule has 0 radical (unpaired) electrons. The molecule has 2 aromatic carbocycles. The molecule has 0 spiro atoms. The first-order valence-electron chi connectivity index (χ1n) is 11.8. The number of sulfone groups is 1. The number of carbonyl (C=O) groups excluding carboxylic acids is 2. The monoisotopic (exact) mass is 497 g/mol. The van der Waals surface area contributed by atoms with E-state index in [0.717, 1.165) is 5.56 Å². The van der Waals surface area contributed by atoms with Crippen molar-refractivity contribution in [2.75, 3.05) is 25.4 Å². The first kappa shape index (κ1) is 24.9. The molecule has 1 saturated heterocycles. The van der Waals surface area contributed by atoms with Gasteiger partial charge in [0, 0.05) is 36.7 Å². The number of hydrogen-bond donors (Lipinski definition) is 1. The smallest absolute Gasteiger partial charge is 0.242 e. The van der Waals surface area contributed by atoms with Crippen LogP contribution in [-0.2, 0) is 37.1 Å². The number of hydrogen-bond acceptors (Lipinski definition) is 5. The van der Waals surface area contributed by atoms with E-state index in [4.69, 9.17) is 4.74 Å². The van der Waals surface area contributed by atoms with Gasteiger partial charge in [0.05, 0.1) is 17.1 Å². The number of amides is 2. The van der Waals surface area contributed by atoms with Crippen molar-refractivity contribution in [3.8, 4) is 0 Å². The molecule has 1 N–H and O–H groups in total. The average Bonchev–Trinajstić information content (AvgIpc) is 3.18. The summed E-state index contributed by atoms with van der Waals surface area (Å²) in [5.41, 5.74) is 1.70. The van der Waals surface area contributed by atoms with Gasteiger partial charge < -0.3 is 19.5 Å². The maximum absolute atomic E-state index is 13.2. The van der Waals surface area contributed by atoms with E-state index in [1.54, 1.807) is 33.7 Å². The Morgan fingerprint density at radius 1 is 1.00 bits per heavy atom. The molecular formula is C26H31N3O5S. The molecule has 2 heterocycles. The maximum Gasteiger partial charge on any atom is 0.242 e. The van der Waals surface area contributed by atoms with Crippen molar-refractivity contribution in [3.63, 3.8) is 0 Å². The Balaban J connectivity index is 1.47. The lowest BCUT2D eigenvalue weighted by Crippen LogP contribution is -2.49. The van der Waals surface area contributed by atoms with E-state index < -0.39 is 21.5 Å². The third-order valence-electron chi connectivity index (χ3n) is 6.06. The quantitative estimate of drug-likeness (QED) is 0.516. The molecule has 2 amide bonds. The van der Waals surface area contributed by atoms with Crippen molar-refractivity contribution in [1.29, 1.82) is 0 Å². The molecule has 9 heteroatoms. The van der Waals surface area contributed by atoms with Crippen molar-refractivity contribution >= 4 is 32.6 Å². The Kier molecular flexibility index (Phi) is 7.57. The van der Waals surface area contributed by atoms with Gasteiger partial charge in [0.1, 0.15) is 12.3 Å². The van der Waals surface area contributed by atoms with Crippen LogP contribution in [0, 0.1) is 0 Å². The summed E-state index contributed by atoms with van der Waals surface area (Å²) in [6.45, 7) is 5.21. The predicted octanol–water partition coefficient (Wildman–Crippen LogP) is 2.41. The van der Waals surface area contributed by atoms with Gasteiger partial charge in [-0.05, 0) is 31.9 Å². The first-order chi connectivity index (χ1) is 16.7. The molecule has 1 aliphatic heterocycles. The van der Waals surface area contributed by atoms with Crippen LogP contribution < -0.4 is 5.32 Å². The van der Waals surface area contributed by atoms with Gasteiger partial charge in [0.2, 0.25) is 11.8 Å². The number of rotatable bonds is 8. The van der Waals surface area contributed by atoms with Crippen LogP contribution in [0.5, 0.6) is 0 Å². The zero-order chi connectivity index (χ0) is 25.0. The van der Waals surface area contributed by atoms with Crippen molar-refractivity contribution in [1.82, 2.24) is 14.8 Å². The summed E-state index contributed by atoms with van der Waals surface area (Å²) in [7, 11) is -3.92. The van der Waals surface area contributed by atoms with Gasteiger partial charge in [0.15, 0.2) is 9.84 Å². The molecule has 2 atom stereocenters. The Hall–Kier alpha value is -3.17. The number of nitrogens with zero attached hydrogens (tertiary/aromatic N) is 2. The molecule has 0 unspecified atom stereocenters. The summed E-state index contributed by atoms with van der Waals surface area (Å²) >= 11 is 0. The molecule has 3 aromatic rings. The molecule has 0 saturated carbocycles. The first-order valence-corrected chi connectivity index (χ1v) is 13.4. The normalized spacial score (nSPS) is 18.5. The van der Waals surface area contributed by atoms with E-state index in [-0.39, 0.29) is 29.6 Å².